The second kappa shape index (κ2) is 5.03. The van der Waals surface area contributed by atoms with Crippen LogP contribution in [0.4, 0.5) is 0 Å². The average Bonchev–Trinajstić information content (AvgIpc) is 2.68. The summed E-state index contributed by atoms with van der Waals surface area (Å²) in [5.41, 5.74) is 1.80. The molecule has 1 N–H and O–H groups in total. The first-order valence-electron chi connectivity index (χ1n) is 5.73. The van der Waals surface area contributed by atoms with E-state index < -0.39 is 6.10 Å². The second-order valence-corrected chi connectivity index (χ2v) is 4.01. The van der Waals surface area contributed by atoms with Gasteiger partial charge >= 0.3 is 0 Å². The Morgan fingerprint density at radius 3 is 2.94 bits per heavy atom. The number of hydrogen-bond donors (Lipinski definition) is 1. The number of fused-ring (bicyclic) bond motifs is 1. The van der Waals surface area contributed by atoms with Crippen LogP contribution in [0.1, 0.15) is 31.6 Å². The van der Waals surface area contributed by atoms with E-state index >= 15 is 0 Å². The molecule has 0 aliphatic carbocycles. The lowest BCUT2D eigenvalue weighted by Crippen LogP contribution is -1.99. The maximum atomic E-state index is 10.1. The van der Waals surface area contributed by atoms with Crippen molar-refractivity contribution in [3.8, 4) is 11.8 Å². The lowest BCUT2D eigenvalue weighted by atomic mass is 10.1. The Kier molecular flexibility index (Phi) is 3.46. The van der Waals surface area contributed by atoms with E-state index in [-0.39, 0.29) is 0 Å². The molecule has 1 aromatic carbocycles. The third-order valence-corrected chi connectivity index (χ3v) is 2.82. The van der Waals surface area contributed by atoms with Crippen LogP contribution in [0, 0.1) is 11.8 Å². The normalized spacial score (nSPS) is 12.2. The summed E-state index contributed by atoms with van der Waals surface area (Å²) in [7, 11) is 1.89. The van der Waals surface area contributed by atoms with Crippen molar-refractivity contribution in [2.45, 2.75) is 25.9 Å². The van der Waals surface area contributed by atoms with Crippen LogP contribution >= 0.6 is 0 Å². The Hall–Kier alpha value is -1.79. The zero-order chi connectivity index (χ0) is 12.3. The maximum absolute atomic E-state index is 10.1. The van der Waals surface area contributed by atoms with Crippen LogP contribution in [-0.2, 0) is 7.05 Å². The highest BCUT2D eigenvalue weighted by Crippen LogP contribution is 2.25. The average molecular weight is 228 g/mol. The summed E-state index contributed by atoms with van der Waals surface area (Å²) in [6.45, 7) is 1.81. The molecular weight excluding hydrogens is 212 g/mol. The molecule has 0 spiro atoms. The zero-order valence-electron chi connectivity index (χ0n) is 10.1. The van der Waals surface area contributed by atoms with Crippen LogP contribution in [0.15, 0.2) is 24.3 Å². The zero-order valence-corrected chi connectivity index (χ0v) is 10.1. The second-order valence-electron chi connectivity index (χ2n) is 4.01. The van der Waals surface area contributed by atoms with Gasteiger partial charge in [0.15, 0.2) is 0 Å². The molecule has 0 saturated heterocycles. The Balaban J connectivity index is 2.31. The van der Waals surface area contributed by atoms with Crippen molar-refractivity contribution in [3.05, 3.63) is 30.0 Å². The SMILES string of the molecule is CC#CCCC(O)c1nn(C)c2ccccc12. The molecule has 2 rings (SSSR count). The van der Waals surface area contributed by atoms with Crippen molar-refractivity contribution >= 4 is 10.9 Å². The van der Waals surface area contributed by atoms with Crippen molar-refractivity contribution < 1.29 is 5.11 Å². The Morgan fingerprint density at radius 2 is 2.18 bits per heavy atom. The Labute approximate surface area is 101 Å². The van der Waals surface area contributed by atoms with Gasteiger partial charge in [0.05, 0.1) is 17.3 Å². The van der Waals surface area contributed by atoms with Crippen LogP contribution < -0.4 is 0 Å². The molecule has 1 heterocycles. The van der Waals surface area contributed by atoms with E-state index in [9.17, 15) is 5.11 Å². The van der Waals surface area contributed by atoms with Gasteiger partial charge in [-0.1, -0.05) is 18.2 Å². The fraction of sp³-hybridized carbons (Fsp3) is 0.357. The number of benzene rings is 1. The molecular formula is C14H16N2O. The van der Waals surface area contributed by atoms with Gasteiger partial charge in [-0.05, 0) is 19.4 Å². The molecule has 0 radical (unpaired) electrons. The molecule has 0 amide bonds. The van der Waals surface area contributed by atoms with E-state index in [4.69, 9.17) is 0 Å². The number of aliphatic hydroxyl groups excluding tert-OH is 1. The lowest BCUT2D eigenvalue weighted by Gasteiger charge is -2.05. The van der Waals surface area contributed by atoms with E-state index in [1.54, 1.807) is 4.68 Å². The summed E-state index contributed by atoms with van der Waals surface area (Å²) >= 11 is 0. The number of nitrogens with zero attached hydrogens (tertiary/aromatic N) is 2. The van der Waals surface area contributed by atoms with Crippen LogP contribution in [0.5, 0.6) is 0 Å². The van der Waals surface area contributed by atoms with E-state index in [1.165, 1.54) is 0 Å². The molecule has 0 bridgehead atoms. The highest BCUT2D eigenvalue weighted by Gasteiger charge is 2.15. The van der Waals surface area contributed by atoms with E-state index in [0.717, 1.165) is 16.6 Å². The van der Waals surface area contributed by atoms with E-state index in [0.29, 0.717) is 12.8 Å². The molecule has 17 heavy (non-hydrogen) atoms. The number of aliphatic hydroxyl groups is 1. The molecule has 88 valence electrons. The number of para-hydroxylation sites is 1. The van der Waals surface area contributed by atoms with Gasteiger partial charge in [0.2, 0.25) is 0 Å². The molecule has 1 unspecified atom stereocenters. The van der Waals surface area contributed by atoms with Crippen molar-refractivity contribution in [2.24, 2.45) is 7.05 Å². The van der Waals surface area contributed by atoms with Crippen LogP contribution in [0.3, 0.4) is 0 Å². The van der Waals surface area contributed by atoms with Crippen LogP contribution in [0.2, 0.25) is 0 Å². The molecule has 0 fully saturated rings. The topological polar surface area (TPSA) is 38.1 Å². The third kappa shape index (κ3) is 2.32. The minimum atomic E-state index is -0.540. The highest BCUT2D eigenvalue weighted by atomic mass is 16.3. The van der Waals surface area contributed by atoms with Gasteiger partial charge in [0.25, 0.3) is 0 Å². The summed E-state index contributed by atoms with van der Waals surface area (Å²) in [5.74, 6) is 5.79. The predicted molar refractivity (Wildman–Crippen MR) is 68.4 cm³/mol. The number of hydrogen-bond acceptors (Lipinski definition) is 2. The van der Waals surface area contributed by atoms with Crippen molar-refractivity contribution in [1.29, 1.82) is 0 Å². The van der Waals surface area contributed by atoms with Crippen LogP contribution in [-0.4, -0.2) is 14.9 Å². The summed E-state index contributed by atoms with van der Waals surface area (Å²) in [6, 6.07) is 7.94. The van der Waals surface area contributed by atoms with Crippen molar-refractivity contribution in [3.63, 3.8) is 0 Å². The highest BCUT2D eigenvalue weighted by molar-refractivity contribution is 5.82. The summed E-state index contributed by atoms with van der Waals surface area (Å²) in [4.78, 5) is 0. The first-order valence-corrected chi connectivity index (χ1v) is 5.73. The molecule has 1 atom stereocenters. The molecule has 1 aromatic heterocycles. The smallest absolute Gasteiger partial charge is 0.0993 e. The van der Waals surface area contributed by atoms with Gasteiger partial charge < -0.3 is 5.11 Å². The van der Waals surface area contributed by atoms with Gasteiger partial charge in [-0.25, -0.2) is 0 Å². The van der Waals surface area contributed by atoms with Crippen molar-refractivity contribution in [2.75, 3.05) is 0 Å². The Bertz CT molecular complexity index is 575. The van der Waals surface area contributed by atoms with Gasteiger partial charge in [-0.2, -0.15) is 5.10 Å². The van der Waals surface area contributed by atoms with Gasteiger partial charge in [0, 0.05) is 18.9 Å². The van der Waals surface area contributed by atoms with E-state index in [1.807, 2.05) is 38.2 Å². The van der Waals surface area contributed by atoms with Gasteiger partial charge in [-0.15, -0.1) is 11.8 Å². The monoisotopic (exact) mass is 228 g/mol. The summed E-state index contributed by atoms with van der Waals surface area (Å²) in [6.07, 6.45) is 0.784. The maximum Gasteiger partial charge on any atom is 0.0993 e. The number of rotatable bonds is 3. The first kappa shape index (κ1) is 11.7. The minimum Gasteiger partial charge on any atom is -0.387 e. The Morgan fingerprint density at radius 1 is 1.41 bits per heavy atom. The van der Waals surface area contributed by atoms with Crippen molar-refractivity contribution in [1.82, 2.24) is 9.78 Å². The summed E-state index contributed by atoms with van der Waals surface area (Å²) < 4.78 is 1.80. The summed E-state index contributed by atoms with van der Waals surface area (Å²) in [5, 5.41) is 15.5. The molecule has 0 aliphatic rings. The molecule has 0 saturated carbocycles. The number of aromatic nitrogens is 2. The molecule has 2 aromatic rings. The molecule has 3 heteroatoms. The largest absolute Gasteiger partial charge is 0.387 e. The fourth-order valence-corrected chi connectivity index (χ4v) is 1.96. The first-order chi connectivity index (χ1) is 8.24. The lowest BCUT2D eigenvalue weighted by molar-refractivity contribution is 0.165. The third-order valence-electron chi connectivity index (χ3n) is 2.82. The quantitative estimate of drug-likeness (QED) is 0.819. The molecule has 0 aliphatic heterocycles. The van der Waals surface area contributed by atoms with E-state index in [2.05, 4.69) is 16.9 Å². The fourth-order valence-electron chi connectivity index (χ4n) is 1.96. The predicted octanol–water partition coefficient (Wildman–Crippen LogP) is 2.41. The van der Waals surface area contributed by atoms with Gasteiger partial charge in [-0.3, -0.25) is 4.68 Å². The standard InChI is InChI=1S/C14H16N2O/c1-3-4-5-10-13(17)14-11-8-6-7-9-12(11)16(2)15-14/h6-9,13,17H,5,10H2,1-2H3. The minimum absolute atomic E-state index is 0.540. The number of aryl methyl sites for hydroxylation is 1. The molecule has 3 nitrogen and oxygen atoms in total. The van der Waals surface area contributed by atoms with Gasteiger partial charge in [0.1, 0.15) is 0 Å². The van der Waals surface area contributed by atoms with Crippen LogP contribution in [0.25, 0.3) is 10.9 Å².